The SMILES string of the molecule is C=C(C)C(C=CC(C)C1CCC2C3C(O)C=C4CC(O)CCC4(C)C3CCC12C)CC. The van der Waals surface area contributed by atoms with Crippen LogP contribution in [-0.2, 0) is 0 Å². The van der Waals surface area contributed by atoms with Gasteiger partial charge >= 0.3 is 0 Å². The van der Waals surface area contributed by atoms with Crippen LogP contribution in [-0.4, -0.2) is 22.4 Å². The number of rotatable bonds is 5. The molecular formula is C29H46O2. The van der Waals surface area contributed by atoms with Crippen LogP contribution in [0.5, 0.6) is 0 Å². The molecule has 0 radical (unpaired) electrons. The maximum atomic E-state index is 11.3. The number of aliphatic hydroxyl groups excluding tert-OH is 2. The third-order valence-corrected chi connectivity index (χ3v) is 10.5. The van der Waals surface area contributed by atoms with Crippen LogP contribution < -0.4 is 0 Å². The fourth-order valence-corrected chi connectivity index (χ4v) is 8.63. The second-order valence-electron chi connectivity index (χ2n) is 12.1. The van der Waals surface area contributed by atoms with Gasteiger partial charge < -0.3 is 10.2 Å². The number of allylic oxidation sites excluding steroid dienone is 3. The van der Waals surface area contributed by atoms with Crippen LogP contribution >= 0.6 is 0 Å². The van der Waals surface area contributed by atoms with Crippen molar-refractivity contribution in [2.24, 2.45) is 46.3 Å². The lowest BCUT2D eigenvalue weighted by Gasteiger charge is -2.59. The average molecular weight is 427 g/mol. The van der Waals surface area contributed by atoms with Crippen molar-refractivity contribution in [1.82, 2.24) is 0 Å². The lowest BCUT2D eigenvalue weighted by atomic mass is 9.46. The number of hydrogen-bond acceptors (Lipinski definition) is 2. The average Bonchev–Trinajstić information content (AvgIpc) is 3.06. The van der Waals surface area contributed by atoms with Gasteiger partial charge in [-0.25, -0.2) is 0 Å². The Morgan fingerprint density at radius 1 is 1.13 bits per heavy atom. The Balaban J connectivity index is 1.57. The molecule has 174 valence electrons. The van der Waals surface area contributed by atoms with E-state index in [1.54, 1.807) is 0 Å². The zero-order chi connectivity index (χ0) is 22.6. The predicted octanol–water partition coefficient (Wildman–Crippen LogP) is 6.69. The van der Waals surface area contributed by atoms with E-state index in [0.29, 0.717) is 40.9 Å². The van der Waals surface area contributed by atoms with Crippen LogP contribution in [0.15, 0.2) is 36.0 Å². The monoisotopic (exact) mass is 426 g/mol. The topological polar surface area (TPSA) is 40.5 Å². The van der Waals surface area contributed by atoms with Crippen LogP contribution in [0.4, 0.5) is 0 Å². The van der Waals surface area contributed by atoms with Gasteiger partial charge in [0.25, 0.3) is 0 Å². The van der Waals surface area contributed by atoms with Gasteiger partial charge in [-0.1, -0.05) is 63.6 Å². The fraction of sp³-hybridized carbons (Fsp3) is 0.793. The molecular weight excluding hydrogens is 380 g/mol. The Bertz CT molecular complexity index is 750. The Hall–Kier alpha value is -0.860. The summed E-state index contributed by atoms with van der Waals surface area (Å²) in [6.45, 7) is 16.0. The van der Waals surface area contributed by atoms with E-state index < -0.39 is 0 Å². The van der Waals surface area contributed by atoms with E-state index in [1.807, 2.05) is 0 Å². The summed E-state index contributed by atoms with van der Waals surface area (Å²) in [5, 5.41) is 21.6. The normalized spacial score (nSPS) is 46.6. The van der Waals surface area contributed by atoms with Crippen molar-refractivity contribution < 1.29 is 10.2 Å². The molecule has 3 saturated carbocycles. The van der Waals surface area contributed by atoms with Crippen LogP contribution in [0, 0.1) is 46.3 Å². The van der Waals surface area contributed by atoms with E-state index in [1.165, 1.54) is 36.8 Å². The van der Waals surface area contributed by atoms with Gasteiger partial charge in [-0.05, 0) is 105 Å². The summed E-state index contributed by atoms with van der Waals surface area (Å²) in [6, 6.07) is 0. The Kier molecular flexibility index (Phi) is 6.38. The van der Waals surface area contributed by atoms with Crippen LogP contribution in [0.1, 0.15) is 86.0 Å². The molecule has 2 nitrogen and oxygen atoms in total. The maximum absolute atomic E-state index is 11.3. The second-order valence-corrected chi connectivity index (χ2v) is 12.1. The largest absolute Gasteiger partial charge is 0.393 e. The Morgan fingerprint density at radius 2 is 1.87 bits per heavy atom. The molecule has 2 heteroatoms. The first kappa shape index (κ1) is 23.3. The maximum Gasteiger partial charge on any atom is 0.0757 e. The summed E-state index contributed by atoms with van der Waals surface area (Å²) >= 11 is 0. The molecule has 0 bridgehead atoms. The highest BCUT2D eigenvalue weighted by Gasteiger charge is 2.60. The molecule has 0 aromatic carbocycles. The zero-order valence-corrected chi connectivity index (χ0v) is 20.6. The van der Waals surface area contributed by atoms with E-state index in [9.17, 15) is 10.2 Å². The van der Waals surface area contributed by atoms with Crippen molar-refractivity contribution in [1.29, 1.82) is 0 Å². The minimum absolute atomic E-state index is 0.184. The fourth-order valence-electron chi connectivity index (χ4n) is 8.63. The Labute approximate surface area is 190 Å². The van der Waals surface area contributed by atoms with Gasteiger partial charge in [0.05, 0.1) is 12.2 Å². The van der Waals surface area contributed by atoms with E-state index in [2.05, 4.69) is 59.4 Å². The number of fused-ring (bicyclic) bond motifs is 5. The molecule has 10 atom stereocenters. The zero-order valence-electron chi connectivity index (χ0n) is 20.6. The molecule has 31 heavy (non-hydrogen) atoms. The molecule has 0 amide bonds. The van der Waals surface area contributed by atoms with Gasteiger partial charge in [-0.15, -0.1) is 0 Å². The van der Waals surface area contributed by atoms with E-state index in [-0.39, 0.29) is 17.6 Å². The molecule has 4 aliphatic carbocycles. The predicted molar refractivity (Wildman–Crippen MR) is 129 cm³/mol. The highest BCUT2D eigenvalue weighted by Crippen LogP contribution is 2.67. The summed E-state index contributed by atoms with van der Waals surface area (Å²) in [5.74, 6) is 3.36. The number of hydrogen-bond donors (Lipinski definition) is 2. The highest BCUT2D eigenvalue weighted by atomic mass is 16.3. The van der Waals surface area contributed by atoms with E-state index >= 15 is 0 Å². The molecule has 0 aromatic heterocycles. The summed E-state index contributed by atoms with van der Waals surface area (Å²) in [7, 11) is 0. The lowest BCUT2D eigenvalue weighted by molar-refractivity contribution is -0.0950. The summed E-state index contributed by atoms with van der Waals surface area (Å²) in [4.78, 5) is 0. The summed E-state index contributed by atoms with van der Waals surface area (Å²) in [5.41, 5.74) is 3.12. The standard InChI is InChI=1S/C29H46O2/c1-7-20(18(2)3)9-8-19(4)23-10-11-24-27-25(13-15-29(23,24)6)28(5)14-12-22(30)16-21(28)17-26(27)31/h8-9,17,19-20,22-27,30-31H,2,7,10-16H2,1,3-6H3. The summed E-state index contributed by atoms with van der Waals surface area (Å²) in [6.07, 6.45) is 15.5. The highest BCUT2D eigenvalue weighted by molar-refractivity contribution is 5.28. The first-order valence-corrected chi connectivity index (χ1v) is 13.0. The minimum Gasteiger partial charge on any atom is -0.393 e. The van der Waals surface area contributed by atoms with Gasteiger partial charge in [-0.3, -0.25) is 0 Å². The molecule has 10 unspecified atom stereocenters. The quantitative estimate of drug-likeness (QED) is 0.481. The van der Waals surface area contributed by atoms with Crippen molar-refractivity contribution in [3.8, 4) is 0 Å². The van der Waals surface area contributed by atoms with Crippen molar-refractivity contribution in [2.45, 2.75) is 98.2 Å². The second kappa shape index (κ2) is 8.49. The van der Waals surface area contributed by atoms with E-state index in [4.69, 9.17) is 0 Å². The van der Waals surface area contributed by atoms with Gasteiger partial charge in [0.15, 0.2) is 0 Å². The van der Waals surface area contributed by atoms with Crippen molar-refractivity contribution in [3.05, 3.63) is 36.0 Å². The molecule has 2 N–H and O–H groups in total. The minimum atomic E-state index is -0.333. The molecule has 0 saturated heterocycles. The van der Waals surface area contributed by atoms with Crippen LogP contribution in [0.2, 0.25) is 0 Å². The molecule has 4 rings (SSSR count). The van der Waals surface area contributed by atoms with Gasteiger partial charge in [-0.2, -0.15) is 0 Å². The van der Waals surface area contributed by atoms with Crippen molar-refractivity contribution in [2.75, 3.05) is 0 Å². The van der Waals surface area contributed by atoms with E-state index in [0.717, 1.165) is 25.7 Å². The van der Waals surface area contributed by atoms with Gasteiger partial charge in [0, 0.05) is 0 Å². The molecule has 0 spiro atoms. The van der Waals surface area contributed by atoms with Crippen LogP contribution in [0.25, 0.3) is 0 Å². The third-order valence-electron chi connectivity index (χ3n) is 10.5. The van der Waals surface area contributed by atoms with Gasteiger partial charge in [0.1, 0.15) is 0 Å². The molecule has 3 fully saturated rings. The molecule has 0 aliphatic heterocycles. The summed E-state index contributed by atoms with van der Waals surface area (Å²) < 4.78 is 0. The first-order valence-electron chi connectivity index (χ1n) is 13.0. The number of aliphatic hydroxyl groups is 2. The molecule has 4 aliphatic rings. The van der Waals surface area contributed by atoms with Gasteiger partial charge in [0.2, 0.25) is 0 Å². The first-order chi connectivity index (χ1) is 14.6. The van der Waals surface area contributed by atoms with Crippen LogP contribution in [0.3, 0.4) is 0 Å². The lowest BCUT2D eigenvalue weighted by Crippen LogP contribution is -2.54. The third kappa shape index (κ3) is 3.80. The molecule has 0 aromatic rings. The van der Waals surface area contributed by atoms with Crippen molar-refractivity contribution >= 4 is 0 Å². The Morgan fingerprint density at radius 3 is 2.55 bits per heavy atom. The smallest absolute Gasteiger partial charge is 0.0757 e. The molecule has 0 heterocycles. The van der Waals surface area contributed by atoms with Crippen molar-refractivity contribution in [3.63, 3.8) is 0 Å².